The molecule has 1 aromatic carbocycles. The van der Waals surface area contributed by atoms with Crippen LogP contribution in [0.25, 0.3) is 17.3 Å². The zero-order valence-corrected chi connectivity index (χ0v) is 17.9. The maximum atomic E-state index is 12.2. The van der Waals surface area contributed by atoms with E-state index in [1.165, 1.54) is 0 Å². The van der Waals surface area contributed by atoms with Crippen molar-refractivity contribution in [1.82, 2.24) is 19.9 Å². The third-order valence-electron chi connectivity index (χ3n) is 5.17. The summed E-state index contributed by atoms with van der Waals surface area (Å²) in [7, 11) is 3.25. The van der Waals surface area contributed by atoms with Crippen LogP contribution in [0, 0.1) is 0 Å². The summed E-state index contributed by atoms with van der Waals surface area (Å²) in [4.78, 5) is 27.1. The number of carbonyl (C=O) groups excluding carboxylic acids is 1. The number of aldehydes is 1. The number of hydrogen-bond donors (Lipinski definition) is 2. The summed E-state index contributed by atoms with van der Waals surface area (Å²) >= 11 is 0. The quantitative estimate of drug-likeness (QED) is 0.518. The highest BCUT2D eigenvalue weighted by atomic mass is 16.5. The van der Waals surface area contributed by atoms with Crippen molar-refractivity contribution in [2.75, 3.05) is 38.4 Å². The molecule has 4 rings (SSSR count). The fourth-order valence-electron chi connectivity index (χ4n) is 3.57. The molecular weight excluding hydrogens is 408 g/mol. The van der Waals surface area contributed by atoms with Gasteiger partial charge >= 0.3 is 0 Å². The number of nitrogens with zero attached hydrogens (tertiary/aromatic N) is 4. The van der Waals surface area contributed by atoms with Crippen molar-refractivity contribution in [1.29, 1.82) is 0 Å². The van der Waals surface area contributed by atoms with Gasteiger partial charge < -0.3 is 30.2 Å². The Morgan fingerprint density at radius 3 is 2.75 bits per heavy atom. The van der Waals surface area contributed by atoms with Crippen LogP contribution in [0.5, 0.6) is 5.75 Å². The number of ether oxygens (including phenoxy) is 2. The molecule has 32 heavy (non-hydrogen) atoms. The van der Waals surface area contributed by atoms with Gasteiger partial charge in [-0.1, -0.05) is 6.07 Å². The summed E-state index contributed by atoms with van der Waals surface area (Å²) in [5.74, 6) is 1.46. The van der Waals surface area contributed by atoms with Crippen LogP contribution in [0.2, 0.25) is 0 Å². The molecular formula is C23H24N6O3. The number of carbonyl (C=O) groups is 1. The molecule has 3 aromatic rings. The number of benzene rings is 1. The molecule has 0 saturated carbocycles. The van der Waals surface area contributed by atoms with Crippen LogP contribution in [0.15, 0.2) is 48.9 Å². The lowest BCUT2D eigenvalue weighted by atomic mass is 9.96. The average molecular weight is 432 g/mol. The van der Waals surface area contributed by atoms with Crippen molar-refractivity contribution in [3.8, 4) is 17.0 Å². The van der Waals surface area contributed by atoms with Gasteiger partial charge in [-0.05, 0) is 29.8 Å². The van der Waals surface area contributed by atoms with Crippen LogP contribution in [0.4, 0.5) is 17.5 Å². The van der Waals surface area contributed by atoms with Gasteiger partial charge in [0.05, 0.1) is 19.4 Å². The summed E-state index contributed by atoms with van der Waals surface area (Å²) in [5.41, 5.74) is 9.45. The van der Waals surface area contributed by atoms with Crippen LogP contribution in [0.3, 0.4) is 0 Å². The van der Waals surface area contributed by atoms with Gasteiger partial charge in [-0.15, -0.1) is 0 Å². The van der Waals surface area contributed by atoms with Crippen molar-refractivity contribution in [2.45, 2.75) is 6.04 Å². The molecule has 1 aliphatic rings. The molecule has 0 aliphatic carbocycles. The van der Waals surface area contributed by atoms with Gasteiger partial charge in [0.15, 0.2) is 0 Å². The lowest BCUT2D eigenvalue weighted by molar-refractivity contribution is -0.112. The largest absolute Gasteiger partial charge is 0.497 e. The second-order valence-electron chi connectivity index (χ2n) is 7.17. The van der Waals surface area contributed by atoms with Gasteiger partial charge in [-0.25, -0.2) is 15.0 Å². The predicted molar refractivity (Wildman–Crippen MR) is 122 cm³/mol. The molecule has 0 amide bonds. The molecule has 1 unspecified atom stereocenters. The first-order chi connectivity index (χ1) is 15.6. The molecule has 0 fully saturated rings. The second-order valence-corrected chi connectivity index (χ2v) is 7.17. The average Bonchev–Trinajstić information content (AvgIpc) is 2.82. The highest BCUT2D eigenvalue weighted by Gasteiger charge is 2.28. The van der Waals surface area contributed by atoms with Gasteiger partial charge in [0.2, 0.25) is 5.95 Å². The number of nitrogen functional groups attached to an aromatic ring is 1. The number of fused-ring (bicyclic) bond motifs is 1. The Balaban J connectivity index is 1.82. The van der Waals surface area contributed by atoms with Crippen molar-refractivity contribution >= 4 is 29.8 Å². The molecule has 9 heteroatoms. The second kappa shape index (κ2) is 9.44. The third-order valence-corrected chi connectivity index (χ3v) is 5.17. The maximum Gasteiger partial charge on any atom is 0.219 e. The van der Waals surface area contributed by atoms with E-state index in [0.29, 0.717) is 36.0 Å². The van der Waals surface area contributed by atoms with E-state index in [2.05, 4.69) is 15.3 Å². The Labute approximate surface area is 185 Å². The minimum atomic E-state index is -0.512. The standard InChI is InChI=1S/C23H24N6O3/c1-31-9-8-29-7-6-15-10-19(16-12-25-23(24)26-13-16)28-22(21(15)20(29)14-30)27-17-4-3-5-18(11-17)32-2/h3-7,10-14,20H,8-9H2,1-2H3,(H,27,28)(H2,24,25,26). The molecule has 0 spiro atoms. The summed E-state index contributed by atoms with van der Waals surface area (Å²) in [6.07, 6.45) is 8.04. The third kappa shape index (κ3) is 4.37. The van der Waals surface area contributed by atoms with E-state index >= 15 is 0 Å². The van der Waals surface area contributed by atoms with E-state index in [4.69, 9.17) is 20.2 Å². The number of aromatic nitrogens is 3. The zero-order chi connectivity index (χ0) is 22.5. The van der Waals surface area contributed by atoms with E-state index in [1.54, 1.807) is 26.6 Å². The fraction of sp³-hybridized carbons (Fsp3) is 0.217. The fourth-order valence-corrected chi connectivity index (χ4v) is 3.57. The minimum absolute atomic E-state index is 0.191. The van der Waals surface area contributed by atoms with E-state index in [-0.39, 0.29) is 5.95 Å². The molecule has 0 radical (unpaired) electrons. The Hall–Kier alpha value is -3.98. The highest BCUT2D eigenvalue weighted by molar-refractivity contribution is 5.80. The van der Waals surface area contributed by atoms with Gasteiger partial charge in [-0.3, -0.25) is 0 Å². The molecule has 0 bridgehead atoms. The molecule has 3 heterocycles. The topological polar surface area (TPSA) is 115 Å². The number of pyridine rings is 1. The molecule has 2 aromatic heterocycles. The summed E-state index contributed by atoms with van der Waals surface area (Å²) in [6.45, 7) is 1.07. The predicted octanol–water partition coefficient (Wildman–Crippen LogP) is 3.05. The van der Waals surface area contributed by atoms with E-state index in [1.807, 2.05) is 47.5 Å². The molecule has 3 N–H and O–H groups in total. The SMILES string of the molecule is COCCN1C=Cc2cc(-c3cnc(N)nc3)nc(Nc3cccc(OC)c3)c2C1C=O. The number of hydrogen-bond acceptors (Lipinski definition) is 9. The van der Waals surface area contributed by atoms with E-state index in [9.17, 15) is 4.79 Å². The van der Waals surface area contributed by atoms with Crippen molar-refractivity contribution in [3.05, 3.63) is 60.1 Å². The molecule has 1 aliphatic heterocycles. The molecule has 0 saturated heterocycles. The summed E-state index contributed by atoms with van der Waals surface area (Å²) in [6, 6.07) is 8.92. The van der Waals surface area contributed by atoms with Crippen LogP contribution in [-0.4, -0.2) is 53.5 Å². The zero-order valence-electron chi connectivity index (χ0n) is 17.9. The van der Waals surface area contributed by atoms with E-state index in [0.717, 1.165) is 23.1 Å². The first-order valence-corrected chi connectivity index (χ1v) is 10.0. The molecule has 164 valence electrons. The van der Waals surface area contributed by atoms with Gasteiger partial charge in [0.1, 0.15) is 23.9 Å². The van der Waals surface area contributed by atoms with Gasteiger partial charge in [-0.2, -0.15) is 0 Å². The monoisotopic (exact) mass is 432 g/mol. The van der Waals surface area contributed by atoms with Crippen molar-refractivity contribution < 1.29 is 14.3 Å². The normalized spacial score (nSPS) is 14.7. The van der Waals surface area contributed by atoms with Crippen molar-refractivity contribution in [2.24, 2.45) is 0 Å². The minimum Gasteiger partial charge on any atom is -0.497 e. The Morgan fingerprint density at radius 1 is 1.22 bits per heavy atom. The Bertz CT molecular complexity index is 1130. The molecule has 1 atom stereocenters. The number of rotatable bonds is 8. The van der Waals surface area contributed by atoms with E-state index < -0.39 is 6.04 Å². The summed E-state index contributed by atoms with van der Waals surface area (Å²) < 4.78 is 10.5. The molecule has 9 nitrogen and oxygen atoms in total. The number of methoxy groups -OCH3 is 2. The Kier molecular flexibility index (Phi) is 6.27. The lowest BCUT2D eigenvalue weighted by Crippen LogP contribution is -2.31. The van der Waals surface area contributed by atoms with Crippen LogP contribution < -0.4 is 15.8 Å². The number of anilines is 3. The summed E-state index contributed by atoms with van der Waals surface area (Å²) in [5, 5.41) is 3.36. The number of nitrogens with two attached hydrogens (primary N) is 1. The maximum absolute atomic E-state index is 12.2. The lowest BCUT2D eigenvalue weighted by Gasteiger charge is -2.32. The first-order valence-electron chi connectivity index (χ1n) is 10.0. The van der Waals surface area contributed by atoms with Gasteiger partial charge in [0, 0.05) is 55.1 Å². The van der Waals surface area contributed by atoms with Crippen LogP contribution in [-0.2, 0) is 9.53 Å². The van der Waals surface area contributed by atoms with Crippen molar-refractivity contribution in [3.63, 3.8) is 0 Å². The Morgan fingerprint density at radius 2 is 2.03 bits per heavy atom. The smallest absolute Gasteiger partial charge is 0.219 e. The van der Waals surface area contributed by atoms with Crippen LogP contribution >= 0.6 is 0 Å². The number of nitrogens with one attached hydrogen (secondary N) is 1. The van der Waals surface area contributed by atoms with Crippen LogP contribution in [0.1, 0.15) is 17.2 Å². The first kappa shape index (κ1) is 21.3. The van der Waals surface area contributed by atoms with Gasteiger partial charge in [0.25, 0.3) is 0 Å². The highest BCUT2D eigenvalue weighted by Crippen LogP contribution is 2.37.